The predicted molar refractivity (Wildman–Crippen MR) is 245 cm³/mol. The molecule has 0 aliphatic heterocycles. The highest BCUT2D eigenvalue weighted by molar-refractivity contribution is 5.88. The van der Waals surface area contributed by atoms with Crippen molar-refractivity contribution < 1.29 is 58.6 Å². The molecule has 14 heteroatoms. The number of anilines is 2. The molecule has 0 saturated carbocycles. The van der Waals surface area contributed by atoms with Gasteiger partial charge in [-0.15, -0.1) is 0 Å². The van der Waals surface area contributed by atoms with E-state index in [2.05, 4.69) is 50.6 Å². The van der Waals surface area contributed by atoms with Crippen molar-refractivity contribution in [2.75, 3.05) is 62.4 Å². The molecule has 0 radical (unpaired) electrons. The lowest BCUT2D eigenvalue weighted by atomic mass is 9.91. The number of carbonyl (C=O) groups is 4. The topological polar surface area (TPSA) is 193 Å². The maximum Gasteiger partial charge on any atom is 0.333 e. The number of ether oxygens (including phenoxy) is 4. The van der Waals surface area contributed by atoms with Crippen molar-refractivity contribution in [3.05, 3.63) is 106 Å². The molecule has 0 saturated heterocycles. The van der Waals surface area contributed by atoms with Crippen molar-refractivity contribution in [2.45, 2.75) is 112 Å². The van der Waals surface area contributed by atoms with Crippen LogP contribution < -0.4 is 9.80 Å². The van der Waals surface area contributed by atoms with Crippen LogP contribution in [-0.4, -0.2) is 121 Å². The first-order chi connectivity index (χ1) is 29.8. The molecule has 0 aliphatic rings. The number of carbonyl (C=O) groups excluding carboxylic acids is 4. The zero-order valence-corrected chi connectivity index (χ0v) is 38.6. The third-order valence-electron chi connectivity index (χ3n) is 10.2. The Bertz CT molecular complexity index is 1690. The second kappa shape index (κ2) is 26.4. The van der Waals surface area contributed by atoms with Crippen molar-refractivity contribution in [1.82, 2.24) is 0 Å². The Morgan fingerprint density at radius 1 is 0.460 bits per heavy atom. The summed E-state index contributed by atoms with van der Waals surface area (Å²) in [4.78, 5) is 54.0. The third kappa shape index (κ3) is 16.1. The molecule has 2 rings (SSSR count). The van der Waals surface area contributed by atoms with Gasteiger partial charge in [-0.3, -0.25) is 0 Å². The lowest BCUT2D eigenvalue weighted by Crippen LogP contribution is -2.44. The minimum atomic E-state index is -0.964. The first kappa shape index (κ1) is 53.9. The van der Waals surface area contributed by atoms with Gasteiger partial charge in [0.15, 0.2) is 0 Å². The maximum absolute atomic E-state index is 12.6. The van der Waals surface area contributed by atoms with Crippen LogP contribution in [0, 0.1) is 0 Å². The van der Waals surface area contributed by atoms with Crippen LogP contribution >= 0.6 is 0 Å². The minimum absolute atomic E-state index is 0.0285. The SMILES string of the molecule is C=C(C)C(=O)OC(CO)CN(CC(CO)OC(=O)C(=C)C)c1c(CC)cc(Cc2cc(CC)c(N(CC(CO)OC(=O)C(=C)C)CC(CO)OC(=O)C(=C)C)c(CC)c2)cc1CC. The van der Waals surface area contributed by atoms with Gasteiger partial charge in [-0.25, -0.2) is 19.2 Å². The lowest BCUT2D eigenvalue weighted by Gasteiger charge is -2.35. The van der Waals surface area contributed by atoms with E-state index < -0.39 is 74.7 Å². The Balaban J connectivity index is 2.77. The molecule has 4 N–H and O–H groups in total. The van der Waals surface area contributed by atoms with Crippen molar-refractivity contribution in [3.8, 4) is 0 Å². The van der Waals surface area contributed by atoms with Gasteiger partial charge in [-0.2, -0.15) is 0 Å². The quantitative estimate of drug-likeness (QED) is 0.0504. The second-order valence-corrected chi connectivity index (χ2v) is 15.9. The molecule has 0 bridgehead atoms. The number of aryl methyl sites for hydroxylation is 4. The molecular formula is C49H70N2O12. The molecule has 0 aliphatic carbocycles. The van der Waals surface area contributed by atoms with E-state index in [0.29, 0.717) is 32.1 Å². The maximum atomic E-state index is 12.6. The van der Waals surface area contributed by atoms with E-state index in [-0.39, 0.29) is 48.5 Å². The van der Waals surface area contributed by atoms with Gasteiger partial charge in [0, 0.05) is 33.7 Å². The number of nitrogens with zero attached hydrogens (tertiary/aromatic N) is 2. The van der Waals surface area contributed by atoms with Crippen LogP contribution in [0.15, 0.2) is 72.9 Å². The molecule has 0 fully saturated rings. The van der Waals surface area contributed by atoms with E-state index in [1.165, 1.54) is 27.7 Å². The largest absolute Gasteiger partial charge is 0.455 e. The van der Waals surface area contributed by atoms with Crippen LogP contribution in [0.25, 0.3) is 0 Å². The van der Waals surface area contributed by atoms with Gasteiger partial charge in [0.25, 0.3) is 0 Å². The van der Waals surface area contributed by atoms with Gasteiger partial charge >= 0.3 is 23.9 Å². The van der Waals surface area contributed by atoms with Gasteiger partial charge in [0.1, 0.15) is 24.4 Å². The summed E-state index contributed by atoms with van der Waals surface area (Å²) in [7, 11) is 0. The molecule has 14 nitrogen and oxygen atoms in total. The van der Waals surface area contributed by atoms with Crippen molar-refractivity contribution >= 4 is 35.3 Å². The standard InChI is InChI=1S/C49H70N2O12/c1-13-36-18-34(19-37(14-2)44(36)50(22-40(26-52)60-46(56)30(5)6)23-41(27-53)61-47(57)31(7)8)17-35-20-38(15-3)45(39(16-4)21-35)51(24-42(28-54)62-48(58)32(9)10)25-43(29-55)63-49(59)33(11)12/h18-21,40-43,52-55H,5,7,9,11,13-17,22-29H2,1-4,6,8,10,12H3. The summed E-state index contributed by atoms with van der Waals surface area (Å²) in [5, 5.41) is 41.3. The molecule has 63 heavy (non-hydrogen) atoms. The van der Waals surface area contributed by atoms with Crippen molar-refractivity contribution in [2.24, 2.45) is 0 Å². The summed E-state index contributed by atoms with van der Waals surface area (Å²) in [6, 6.07) is 8.41. The molecule has 0 heterocycles. The van der Waals surface area contributed by atoms with Crippen molar-refractivity contribution in [1.29, 1.82) is 0 Å². The Morgan fingerprint density at radius 3 is 0.825 bits per heavy atom. The first-order valence-electron chi connectivity index (χ1n) is 21.5. The van der Waals surface area contributed by atoms with E-state index >= 15 is 0 Å². The Kier molecular flexibility index (Phi) is 22.5. The van der Waals surface area contributed by atoms with Crippen LogP contribution in [0.4, 0.5) is 11.4 Å². The Morgan fingerprint density at radius 2 is 0.667 bits per heavy atom. The summed E-state index contributed by atoms with van der Waals surface area (Å²) >= 11 is 0. The normalized spacial score (nSPS) is 12.9. The molecule has 0 aromatic heterocycles. The molecule has 0 spiro atoms. The minimum Gasteiger partial charge on any atom is -0.455 e. The van der Waals surface area contributed by atoms with Crippen LogP contribution in [-0.2, 0) is 70.2 Å². The van der Waals surface area contributed by atoms with Gasteiger partial charge in [0.05, 0.1) is 52.6 Å². The average molecular weight is 879 g/mol. The summed E-state index contributed by atoms with van der Waals surface area (Å²) in [5.41, 5.74) is 8.13. The molecule has 4 unspecified atom stereocenters. The summed E-state index contributed by atoms with van der Waals surface area (Å²) < 4.78 is 22.3. The summed E-state index contributed by atoms with van der Waals surface area (Å²) in [6.07, 6.45) is -0.945. The van der Waals surface area contributed by atoms with Gasteiger partial charge in [-0.1, -0.05) is 78.3 Å². The Labute approximate surface area is 373 Å². The zero-order chi connectivity index (χ0) is 47.6. The number of benzene rings is 2. The molecule has 348 valence electrons. The highest BCUT2D eigenvalue weighted by Crippen LogP contribution is 2.34. The number of hydrogen-bond donors (Lipinski definition) is 4. The monoisotopic (exact) mass is 878 g/mol. The second-order valence-electron chi connectivity index (χ2n) is 15.9. The number of hydrogen-bond acceptors (Lipinski definition) is 14. The van der Waals surface area contributed by atoms with Crippen molar-refractivity contribution in [3.63, 3.8) is 0 Å². The molecular weight excluding hydrogens is 809 g/mol. The van der Waals surface area contributed by atoms with Crippen LogP contribution in [0.2, 0.25) is 0 Å². The first-order valence-corrected chi connectivity index (χ1v) is 21.5. The Hall–Kier alpha value is -5.28. The predicted octanol–water partition coefficient (Wildman–Crippen LogP) is 5.06. The summed E-state index contributed by atoms with van der Waals surface area (Å²) in [5.74, 6) is -2.63. The fraction of sp³-hybridized carbons (Fsp3) is 0.510. The van der Waals surface area contributed by atoms with E-state index in [9.17, 15) is 39.6 Å². The lowest BCUT2D eigenvalue weighted by molar-refractivity contribution is -0.147. The number of rotatable bonds is 28. The fourth-order valence-electron chi connectivity index (χ4n) is 7.03. The van der Waals surface area contributed by atoms with Gasteiger partial charge in [-0.05, 0) is 93.2 Å². The third-order valence-corrected chi connectivity index (χ3v) is 10.2. The van der Waals surface area contributed by atoms with E-state index in [4.69, 9.17) is 18.9 Å². The number of esters is 4. The van der Waals surface area contributed by atoms with Crippen LogP contribution in [0.5, 0.6) is 0 Å². The smallest absolute Gasteiger partial charge is 0.333 e. The van der Waals surface area contributed by atoms with Crippen LogP contribution in [0.1, 0.15) is 88.8 Å². The fourth-order valence-corrected chi connectivity index (χ4v) is 7.03. The van der Waals surface area contributed by atoms with E-state index in [0.717, 1.165) is 44.8 Å². The molecule has 2 aromatic carbocycles. The average Bonchev–Trinajstić information content (AvgIpc) is 3.25. The number of aliphatic hydroxyl groups excluding tert-OH is 4. The molecule has 4 atom stereocenters. The van der Waals surface area contributed by atoms with E-state index in [1.54, 1.807) is 0 Å². The highest BCUT2D eigenvalue weighted by atomic mass is 16.6. The van der Waals surface area contributed by atoms with Crippen LogP contribution in [0.3, 0.4) is 0 Å². The van der Waals surface area contributed by atoms with Gasteiger partial charge < -0.3 is 49.2 Å². The molecule has 2 aromatic rings. The highest BCUT2D eigenvalue weighted by Gasteiger charge is 2.29. The van der Waals surface area contributed by atoms with E-state index in [1.807, 2.05) is 37.5 Å². The van der Waals surface area contributed by atoms with Gasteiger partial charge in [0.2, 0.25) is 0 Å². The molecule has 0 amide bonds. The zero-order valence-electron chi connectivity index (χ0n) is 38.6. The number of aliphatic hydroxyl groups is 4. The summed E-state index contributed by atoms with van der Waals surface area (Å²) in [6.45, 7) is 26.9.